The van der Waals surface area contributed by atoms with Crippen molar-refractivity contribution >= 4 is 0 Å². The smallest absolute Gasteiger partial charge is 0.0126 e. The normalized spacial score (nSPS) is 54.2. The summed E-state index contributed by atoms with van der Waals surface area (Å²) in [4.78, 5) is 0. The van der Waals surface area contributed by atoms with Crippen LogP contribution in [-0.2, 0) is 0 Å². The van der Waals surface area contributed by atoms with E-state index in [9.17, 15) is 0 Å². The van der Waals surface area contributed by atoms with Crippen molar-refractivity contribution in [3.8, 4) is 0 Å². The van der Waals surface area contributed by atoms with Crippen molar-refractivity contribution in [2.75, 3.05) is 0 Å². The molecule has 0 bridgehead atoms. The summed E-state index contributed by atoms with van der Waals surface area (Å²) in [5.74, 6) is 3.09. The van der Waals surface area contributed by atoms with Gasteiger partial charge < -0.3 is 5.32 Å². The Balaban J connectivity index is 1.55. The molecule has 1 N–H and O–H groups in total. The Morgan fingerprint density at radius 2 is 1.86 bits per heavy atom. The van der Waals surface area contributed by atoms with Crippen LogP contribution in [-0.4, -0.2) is 12.1 Å². The molecule has 22 heavy (non-hydrogen) atoms. The first-order valence-electron chi connectivity index (χ1n) is 9.94. The highest BCUT2D eigenvalue weighted by Crippen LogP contribution is 2.64. The van der Waals surface area contributed by atoms with Crippen LogP contribution >= 0.6 is 0 Å². The van der Waals surface area contributed by atoms with E-state index in [1.807, 2.05) is 0 Å². The van der Waals surface area contributed by atoms with E-state index >= 15 is 0 Å². The lowest BCUT2D eigenvalue weighted by Crippen LogP contribution is -2.61. The maximum atomic E-state index is 4.03. The predicted octanol–water partition coefficient (Wildman–Crippen LogP) is 5.32. The van der Waals surface area contributed by atoms with Gasteiger partial charge in [-0.15, -0.1) is 6.58 Å². The van der Waals surface area contributed by atoms with Gasteiger partial charge in [-0.3, -0.25) is 0 Å². The topological polar surface area (TPSA) is 12.0 Å². The molecule has 1 nitrogen and oxygen atoms in total. The molecule has 4 rings (SSSR count). The van der Waals surface area contributed by atoms with Crippen molar-refractivity contribution in [3.05, 3.63) is 12.7 Å². The monoisotopic (exact) mass is 301 g/mol. The van der Waals surface area contributed by atoms with Crippen LogP contribution < -0.4 is 5.32 Å². The molecule has 0 amide bonds. The molecule has 1 heterocycles. The lowest BCUT2D eigenvalue weighted by molar-refractivity contribution is -0.0902. The zero-order chi connectivity index (χ0) is 15.4. The van der Waals surface area contributed by atoms with Gasteiger partial charge in [0.1, 0.15) is 0 Å². The number of piperidine rings is 1. The van der Waals surface area contributed by atoms with Crippen LogP contribution in [0.3, 0.4) is 0 Å². The highest BCUT2D eigenvalue weighted by molar-refractivity contribution is 5.09. The summed E-state index contributed by atoms with van der Waals surface area (Å²) in [6.45, 7) is 9.21. The molecule has 1 heteroatoms. The third-order valence-electron chi connectivity index (χ3n) is 8.57. The van der Waals surface area contributed by atoms with E-state index in [1.165, 1.54) is 57.8 Å². The second-order valence-corrected chi connectivity index (χ2v) is 9.52. The summed E-state index contributed by atoms with van der Waals surface area (Å²) in [5.41, 5.74) is 1.28. The summed E-state index contributed by atoms with van der Waals surface area (Å²) in [7, 11) is 0. The molecule has 124 valence electrons. The zero-order valence-electron chi connectivity index (χ0n) is 14.7. The van der Waals surface area contributed by atoms with E-state index in [2.05, 4.69) is 31.8 Å². The number of fused-ring (bicyclic) bond motifs is 5. The van der Waals surface area contributed by atoms with Gasteiger partial charge in [-0.1, -0.05) is 26.3 Å². The Kier molecular flexibility index (Phi) is 3.72. The third kappa shape index (κ3) is 2.14. The minimum atomic E-state index is 0.574. The van der Waals surface area contributed by atoms with Crippen molar-refractivity contribution in [1.82, 2.24) is 5.32 Å². The van der Waals surface area contributed by atoms with Gasteiger partial charge in [0.25, 0.3) is 0 Å². The summed E-state index contributed by atoms with van der Waals surface area (Å²) < 4.78 is 0. The van der Waals surface area contributed by atoms with Crippen LogP contribution in [0.15, 0.2) is 12.7 Å². The summed E-state index contributed by atoms with van der Waals surface area (Å²) in [5, 5.41) is 4.03. The van der Waals surface area contributed by atoms with Gasteiger partial charge in [0, 0.05) is 12.1 Å². The first-order chi connectivity index (χ1) is 10.6. The van der Waals surface area contributed by atoms with Crippen molar-refractivity contribution < 1.29 is 0 Å². The Bertz CT molecular complexity index is 443. The number of hydrogen-bond acceptors (Lipinski definition) is 1. The largest absolute Gasteiger partial charge is 0.310 e. The minimum Gasteiger partial charge on any atom is -0.310 e. The van der Waals surface area contributed by atoms with Crippen molar-refractivity contribution in [2.45, 2.75) is 90.1 Å². The molecule has 0 aromatic rings. The molecule has 4 aliphatic rings. The van der Waals surface area contributed by atoms with Crippen molar-refractivity contribution in [1.29, 1.82) is 0 Å². The maximum Gasteiger partial charge on any atom is 0.0126 e. The predicted molar refractivity (Wildman–Crippen MR) is 93.8 cm³/mol. The van der Waals surface area contributed by atoms with Crippen molar-refractivity contribution in [2.24, 2.45) is 28.6 Å². The van der Waals surface area contributed by atoms with E-state index in [0.717, 1.165) is 30.2 Å². The van der Waals surface area contributed by atoms with Crippen LogP contribution in [0.25, 0.3) is 0 Å². The zero-order valence-corrected chi connectivity index (χ0v) is 14.7. The lowest BCUT2D eigenvalue weighted by Gasteiger charge is -2.60. The van der Waals surface area contributed by atoms with Gasteiger partial charge >= 0.3 is 0 Å². The van der Waals surface area contributed by atoms with Gasteiger partial charge in [-0.25, -0.2) is 0 Å². The summed E-state index contributed by atoms with van der Waals surface area (Å²) in [6, 6.07) is 1.48. The number of rotatable bonds is 2. The lowest BCUT2D eigenvalue weighted by atomic mass is 9.47. The van der Waals surface area contributed by atoms with Gasteiger partial charge in [0.2, 0.25) is 0 Å². The average Bonchev–Trinajstić information content (AvgIpc) is 2.89. The molecule has 3 saturated carbocycles. The Morgan fingerprint density at radius 1 is 1.00 bits per heavy atom. The summed E-state index contributed by atoms with van der Waals surface area (Å²) >= 11 is 0. The molecule has 1 unspecified atom stereocenters. The van der Waals surface area contributed by atoms with Gasteiger partial charge in [0.05, 0.1) is 0 Å². The van der Waals surface area contributed by atoms with Gasteiger partial charge in [0.15, 0.2) is 0 Å². The van der Waals surface area contributed by atoms with Crippen LogP contribution in [0.2, 0.25) is 0 Å². The molecule has 1 aliphatic heterocycles. The van der Waals surface area contributed by atoms with Crippen LogP contribution in [0.5, 0.6) is 0 Å². The fourth-order valence-corrected chi connectivity index (χ4v) is 7.32. The maximum absolute atomic E-state index is 4.03. The highest BCUT2D eigenvalue weighted by Gasteiger charge is 2.57. The minimum absolute atomic E-state index is 0.574. The second kappa shape index (κ2) is 5.36. The Labute approximate surface area is 137 Å². The molecule has 4 fully saturated rings. The molecule has 3 aliphatic carbocycles. The van der Waals surface area contributed by atoms with Gasteiger partial charge in [-0.05, 0) is 86.4 Å². The van der Waals surface area contributed by atoms with Gasteiger partial charge in [-0.2, -0.15) is 0 Å². The number of hydrogen-bond donors (Lipinski definition) is 1. The molecule has 0 aromatic heterocycles. The van der Waals surface area contributed by atoms with Crippen LogP contribution in [0.1, 0.15) is 78.1 Å². The molecule has 0 aromatic carbocycles. The van der Waals surface area contributed by atoms with E-state index < -0.39 is 0 Å². The summed E-state index contributed by atoms with van der Waals surface area (Å²) in [6.07, 6.45) is 16.6. The SMILES string of the molecule is C=CCC1CC[C@@]2(C)[C@H](CC[C@H]3[C@@H]4CCC[C@@]4(C)CC[C@@H]32)N1. The Hall–Kier alpha value is -0.300. The quantitative estimate of drug-likeness (QED) is 0.681. The highest BCUT2D eigenvalue weighted by atomic mass is 15.0. The molecule has 7 atom stereocenters. The number of nitrogens with one attached hydrogen (secondary N) is 1. The van der Waals surface area contributed by atoms with Crippen molar-refractivity contribution in [3.63, 3.8) is 0 Å². The first-order valence-corrected chi connectivity index (χ1v) is 9.94. The standard InChI is InChI=1S/C21H35N/c1-4-6-15-10-14-21(3)18-11-13-20(2)12-5-7-17(20)16(18)8-9-19(21)22-15/h4,15-19,22H,1,5-14H2,2-3H3/t15?,16-,17-,18-,19-,20-,21+/m0/s1. The molecular formula is C21H35N. The second-order valence-electron chi connectivity index (χ2n) is 9.52. The average molecular weight is 302 g/mol. The Morgan fingerprint density at radius 3 is 2.68 bits per heavy atom. The molecular weight excluding hydrogens is 266 g/mol. The molecule has 0 radical (unpaired) electrons. The van der Waals surface area contributed by atoms with E-state index in [-0.39, 0.29) is 0 Å². The molecule has 1 saturated heterocycles. The van der Waals surface area contributed by atoms with Crippen LogP contribution in [0, 0.1) is 28.6 Å². The third-order valence-corrected chi connectivity index (χ3v) is 8.57. The van der Waals surface area contributed by atoms with E-state index in [0.29, 0.717) is 16.9 Å². The van der Waals surface area contributed by atoms with Crippen LogP contribution in [0.4, 0.5) is 0 Å². The van der Waals surface area contributed by atoms with E-state index in [4.69, 9.17) is 0 Å². The first kappa shape index (κ1) is 15.2. The fourth-order valence-electron chi connectivity index (χ4n) is 7.32. The fraction of sp³-hybridized carbons (Fsp3) is 0.905. The van der Waals surface area contributed by atoms with E-state index in [1.54, 1.807) is 0 Å². The molecule has 0 spiro atoms.